The van der Waals surface area contributed by atoms with Crippen molar-refractivity contribution in [1.82, 2.24) is 9.97 Å². The fraction of sp³-hybridized carbons (Fsp3) is 0.0833. The van der Waals surface area contributed by atoms with Crippen LogP contribution in [0.5, 0.6) is 0 Å². The number of benzene rings is 1. The van der Waals surface area contributed by atoms with Gasteiger partial charge in [0, 0.05) is 4.88 Å². The average molecular weight is 372 g/mol. The van der Waals surface area contributed by atoms with E-state index in [9.17, 15) is 8.42 Å². The van der Waals surface area contributed by atoms with Crippen LogP contribution in [0.15, 0.2) is 39.0 Å². The number of hydrogen-bond donors (Lipinski definition) is 2. The van der Waals surface area contributed by atoms with Gasteiger partial charge in [-0.3, -0.25) is 0 Å². The Morgan fingerprint density at radius 3 is 2.75 bits per heavy atom. The number of thiophene rings is 1. The van der Waals surface area contributed by atoms with Crippen molar-refractivity contribution in [2.75, 3.05) is 4.72 Å². The molecule has 8 heteroatoms. The average Bonchev–Trinajstić information content (AvgIpc) is 2.91. The molecule has 0 amide bonds. The number of aryl methyl sites for hydroxylation is 1. The van der Waals surface area contributed by atoms with Gasteiger partial charge in [0.1, 0.15) is 4.90 Å². The number of fused-ring (bicyclic) bond motifs is 1. The minimum atomic E-state index is -3.63. The number of nitrogens with zero attached hydrogens (tertiary/aromatic N) is 1. The van der Waals surface area contributed by atoms with Crippen LogP contribution >= 0.6 is 27.3 Å². The number of nitrogens with one attached hydrogen (secondary N) is 2. The fourth-order valence-electron chi connectivity index (χ4n) is 1.88. The maximum absolute atomic E-state index is 12.3. The van der Waals surface area contributed by atoms with Crippen molar-refractivity contribution in [3.8, 4) is 0 Å². The highest BCUT2D eigenvalue weighted by Gasteiger charge is 2.20. The molecular weight excluding hydrogens is 362 g/mol. The Bertz CT molecular complexity index is 850. The van der Waals surface area contributed by atoms with Crippen LogP contribution in [0.25, 0.3) is 11.0 Å². The van der Waals surface area contributed by atoms with Gasteiger partial charge in [0.05, 0.1) is 14.8 Å². The van der Waals surface area contributed by atoms with E-state index >= 15 is 0 Å². The molecular formula is C12H10BrN3O2S2. The molecule has 2 N–H and O–H groups in total. The minimum Gasteiger partial charge on any atom is -0.323 e. The number of para-hydroxylation sites is 2. The van der Waals surface area contributed by atoms with E-state index in [1.54, 1.807) is 13.0 Å². The van der Waals surface area contributed by atoms with E-state index in [4.69, 9.17) is 0 Å². The molecule has 0 radical (unpaired) electrons. The first-order chi connectivity index (χ1) is 9.45. The molecule has 20 heavy (non-hydrogen) atoms. The Labute approximate surface area is 128 Å². The van der Waals surface area contributed by atoms with Gasteiger partial charge in [0.15, 0.2) is 0 Å². The second-order valence-electron chi connectivity index (χ2n) is 4.18. The van der Waals surface area contributed by atoms with Crippen molar-refractivity contribution in [3.05, 3.63) is 39.0 Å². The molecule has 3 rings (SSSR count). The summed E-state index contributed by atoms with van der Waals surface area (Å²) < 4.78 is 27.9. The van der Waals surface area contributed by atoms with E-state index < -0.39 is 10.0 Å². The van der Waals surface area contributed by atoms with Gasteiger partial charge >= 0.3 is 0 Å². The summed E-state index contributed by atoms with van der Waals surface area (Å²) in [6.45, 7) is 1.77. The summed E-state index contributed by atoms with van der Waals surface area (Å²) in [5.74, 6) is 0.216. The van der Waals surface area contributed by atoms with E-state index in [0.29, 0.717) is 5.52 Å². The van der Waals surface area contributed by atoms with Crippen molar-refractivity contribution < 1.29 is 8.42 Å². The summed E-state index contributed by atoms with van der Waals surface area (Å²) in [4.78, 5) is 8.13. The van der Waals surface area contributed by atoms with E-state index in [-0.39, 0.29) is 10.8 Å². The summed E-state index contributed by atoms with van der Waals surface area (Å²) in [5, 5.41) is 0. The molecule has 5 nitrogen and oxygen atoms in total. The normalized spacial score (nSPS) is 11.9. The summed E-state index contributed by atoms with van der Waals surface area (Å²) in [6.07, 6.45) is 0. The lowest BCUT2D eigenvalue weighted by Gasteiger charge is -2.03. The summed E-state index contributed by atoms with van der Waals surface area (Å²) in [6, 6.07) is 8.95. The number of aromatic amines is 1. The predicted molar refractivity (Wildman–Crippen MR) is 83.7 cm³/mol. The maximum Gasteiger partial charge on any atom is 0.265 e. The molecule has 0 fully saturated rings. The highest BCUT2D eigenvalue weighted by atomic mass is 79.9. The Balaban J connectivity index is 1.99. The third-order valence-electron chi connectivity index (χ3n) is 2.75. The number of rotatable bonds is 3. The predicted octanol–water partition coefficient (Wildman–Crippen LogP) is 3.50. The number of imidazole rings is 1. The standard InChI is InChI=1S/C12H10BrN3O2S2/c1-7-10(6-11(13)19-7)20(17,18)16-12-14-8-4-2-3-5-9(8)15-12/h2-6H,1H3,(H2,14,15,16). The monoisotopic (exact) mass is 371 g/mol. The number of aromatic nitrogens is 2. The van der Waals surface area contributed by atoms with Gasteiger partial charge in [-0.1, -0.05) is 12.1 Å². The van der Waals surface area contributed by atoms with Crippen LogP contribution < -0.4 is 4.72 Å². The largest absolute Gasteiger partial charge is 0.323 e. The van der Waals surface area contributed by atoms with Crippen molar-refractivity contribution >= 4 is 54.3 Å². The van der Waals surface area contributed by atoms with E-state index in [1.165, 1.54) is 11.3 Å². The van der Waals surface area contributed by atoms with Gasteiger partial charge in [0.25, 0.3) is 10.0 Å². The van der Waals surface area contributed by atoms with Gasteiger partial charge < -0.3 is 4.98 Å². The molecule has 0 aliphatic carbocycles. The molecule has 0 unspecified atom stereocenters. The smallest absolute Gasteiger partial charge is 0.265 e. The van der Waals surface area contributed by atoms with Gasteiger partial charge in [-0.05, 0) is 41.1 Å². The van der Waals surface area contributed by atoms with Gasteiger partial charge in [-0.25, -0.2) is 18.1 Å². The van der Waals surface area contributed by atoms with Gasteiger partial charge in [0.2, 0.25) is 5.95 Å². The van der Waals surface area contributed by atoms with Crippen LogP contribution in [0.2, 0.25) is 0 Å². The number of sulfonamides is 1. The van der Waals surface area contributed by atoms with Crippen molar-refractivity contribution in [1.29, 1.82) is 0 Å². The molecule has 0 saturated heterocycles. The third-order valence-corrected chi connectivity index (χ3v) is 5.90. The van der Waals surface area contributed by atoms with E-state index in [2.05, 4.69) is 30.6 Å². The zero-order valence-corrected chi connectivity index (χ0v) is 13.6. The molecule has 0 atom stereocenters. The molecule has 0 aliphatic rings. The topological polar surface area (TPSA) is 74.8 Å². The van der Waals surface area contributed by atoms with Crippen molar-refractivity contribution in [2.24, 2.45) is 0 Å². The zero-order valence-electron chi connectivity index (χ0n) is 10.3. The molecule has 0 spiro atoms. The zero-order chi connectivity index (χ0) is 14.3. The Morgan fingerprint density at radius 2 is 2.10 bits per heavy atom. The third kappa shape index (κ3) is 2.46. The molecule has 104 valence electrons. The van der Waals surface area contributed by atoms with Crippen LogP contribution in [-0.2, 0) is 10.0 Å². The lowest BCUT2D eigenvalue weighted by molar-refractivity contribution is 0.601. The van der Waals surface area contributed by atoms with Crippen LogP contribution in [0.3, 0.4) is 0 Å². The minimum absolute atomic E-state index is 0.216. The van der Waals surface area contributed by atoms with Gasteiger partial charge in [-0.2, -0.15) is 0 Å². The first-order valence-corrected chi connectivity index (χ1v) is 8.78. The van der Waals surface area contributed by atoms with Crippen molar-refractivity contribution in [3.63, 3.8) is 0 Å². The second kappa shape index (κ2) is 4.87. The quantitative estimate of drug-likeness (QED) is 0.739. The number of halogens is 1. The Hall–Kier alpha value is -1.38. The molecule has 0 aliphatic heterocycles. The molecule has 0 saturated carbocycles. The number of anilines is 1. The SMILES string of the molecule is Cc1sc(Br)cc1S(=O)(=O)Nc1nc2ccccc2[nH]1. The van der Waals surface area contributed by atoms with Crippen LogP contribution in [0.4, 0.5) is 5.95 Å². The molecule has 3 aromatic rings. The van der Waals surface area contributed by atoms with E-state index in [0.717, 1.165) is 14.2 Å². The van der Waals surface area contributed by atoms with Crippen LogP contribution in [0, 0.1) is 6.92 Å². The highest BCUT2D eigenvalue weighted by Crippen LogP contribution is 2.30. The van der Waals surface area contributed by atoms with Gasteiger partial charge in [-0.15, -0.1) is 11.3 Å². The maximum atomic E-state index is 12.3. The highest BCUT2D eigenvalue weighted by molar-refractivity contribution is 9.11. The molecule has 2 heterocycles. The number of H-pyrrole nitrogens is 1. The number of hydrogen-bond acceptors (Lipinski definition) is 4. The molecule has 1 aromatic carbocycles. The summed E-state index contributed by atoms with van der Waals surface area (Å²) >= 11 is 4.67. The summed E-state index contributed by atoms with van der Waals surface area (Å²) in [7, 11) is -3.63. The van der Waals surface area contributed by atoms with Crippen LogP contribution in [0.1, 0.15) is 4.88 Å². The fourth-order valence-corrected chi connectivity index (χ4v) is 5.26. The Kier molecular flexibility index (Phi) is 3.31. The Morgan fingerprint density at radius 1 is 1.35 bits per heavy atom. The summed E-state index contributed by atoms with van der Waals surface area (Å²) in [5.41, 5.74) is 1.50. The van der Waals surface area contributed by atoms with Crippen LogP contribution in [-0.4, -0.2) is 18.4 Å². The van der Waals surface area contributed by atoms with Crippen molar-refractivity contribution in [2.45, 2.75) is 11.8 Å². The molecule has 2 aromatic heterocycles. The van der Waals surface area contributed by atoms with E-state index in [1.807, 2.05) is 24.3 Å². The lowest BCUT2D eigenvalue weighted by atomic mass is 10.3. The first-order valence-electron chi connectivity index (χ1n) is 5.69. The molecule has 0 bridgehead atoms. The second-order valence-corrected chi connectivity index (χ2v) is 8.47. The first kappa shape index (κ1) is 13.6. The lowest BCUT2D eigenvalue weighted by Crippen LogP contribution is -2.14.